The highest BCUT2D eigenvalue weighted by Gasteiger charge is 2.24. The second-order valence-electron chi connectivity index (χ2n) is 5.00. The summed E-state index contributed by atoms with van der Waals surface area (Å²) in [5.74, 6) is -1.40. The Bertz CT molecular complexity index is 745. The van der Waals surface area contributed by atoms with Crippen LogP contribution in [0.15, 0.2) is 42.5 Å². The number of carboxylic acid groups (broad SMARTS) is 1. The van der Waals surface area contributed by atoms with E-state index in [0.717, 1.165) is 5.56 Å². The summed E-state index contributed by atoms with van der Waals surface area (Å²) >= 11 is 5.90. The number of rotatable bonds is 5. The largest absolute Gasteiger partial charge is 0.496 e. The molecule has 2 rings (SSSR count). The van der Waals surface area contributed by atoms with Crippen molar-refractivity contribution >= 4 is 23.5 Å². The van der Waals surface area contributed by atoms with Gasteiger partial charge >= 0.3 is 5.97 Å². The summed E-state index contributed by atoms with van der Waals surface area (Å²) in [6.45, 7) is 1.85. The number of amides is 1. The fourth-order valence-corrected chi connectivity index (χ4v) is 2.38. The number of methoxy groups -OCH3 is 1. The number of hydrogen-bond donors (Lipinski definition) is 2. The van der Waals surface area contributed by atoms with Crippen molar-refractivity contribution in [3.63, 3.8) is 0 Å². The van der Waals surface area contributed by atoms with E-state index in [9.17, 15) is 14.7 Å². The van der Waals surface area contributed by atoms with Gasteiger partial charge in [0.2, 0.25) is 0 Å². The van der Waals surface area contributed by atoms with Crippen LogP contribution in [-0.2, 0) is 4.79 Å². The Morgan fingerprint density at radius 3 is 2.57 bits per heavy atom. The number of ether oxygens (including phenoxy) is 1. The number of aliphatic carboxylic acids is 1. The van der Waals surface area contributed by atoms with Gasteiger partial charge in [0, 0.05) is 5.02 Å². The molecule has 1 atom stereocenters. The van der Waals surface area contributed by atoms with Gasteiger partial charge in [-0.25, -0.2) is 4.79 Å². The van der Waals surface area contributed by atoms with Crippen LogP contribution in [0.1, 0.15) is 27.5 Å². The minimum atomic E-state index is -1.16. The first-order valence-electron chi connectivity index (χ1n) is 6.86. The number of hydrogen-bond acceptors (Lipinski definition) is 3. The summed E-state index contributed by atoms with van der Waals surface area (Å²) in [5, 5.41) is 12.3. The van der Waals surface area contributed by atoms with Crippen LogP contribution in [0.5, 0.6) is 5.75 Å². The Morgan fingerprint density at radius 2 is 1.96 bits per heavy atom. The second-order valence-corrected chi connectivity index (χ2v) is 5.44. The van der Waals surface area contributed by atoms with E-state index in [4.69, 9.17) is 16.3 Å². The summed E-state index contributed by atoms with van der Waals surface area (Å²) in [5.41, 5.74) is 1.58. The number of benzene rings is 2. The van der Waals surface area contributed by atoms with Gasteiger partial charge in [-0.15, -0.1) is 0 Å². The summed E-state index contributed by atoms with van der Waals surface area (Å²) in [6.07, 6.45) is 0. The molecule has 2 N–H and O–H groups in total. The second kappa shape index (κ2) is 7.15. The molecule has 1 amide bonds. The molecule has 6 heteroatoms. The first-order valence-corrected chi connectivity index (χ1v) is 7.24. The first-order chi connectivity index (χ1) is 10.9. The van der Waals surface area contributed by atoms with E-state index in [1.165, 1.54) is 13.2 Å². The molecule has 0 radical (unpaired) electrons. The van der Waals surface area contributed by atoms with Gasteiger partial charge < -0.3 is 15.2 Å². The van der Waals surface area contributed by atoms with E-state index < -0.39 is 17.9 Å². The van der Waals surface area contributed by atoms with E-state index >= 15 is 0 Å². The quantitative estimate of drug-likeness (QED) is 0.881. The van der Waals surface area contributed by atoms with Crippen molar-refractivity contribution < 1.29 is 19.4 Å². The fraction of sp³-hybridized carbons (Fsp3) is 0.176. The molecule has 120 valence electrons. The maximum Gasteiger partial charge on any atom is 0.330 e. The topological polar surface area (TPSA) is 75.6 Å². The van der Waals surface area contributed by atoms with E-state index in [-0.39, 0.29) is 5.56 Å². The van der Waals surface area contributed by atoms with Crippen LogP contribution >= 0.6 is 11.6 Å². The number of carbonyl (C=O) groups excluding carboxylic acids is 1. The molecule has 0 heterocycles. The van der Waals surface area contributed by atoms with Gasteiger partial charge in [-0.2, -0.15) is 0 Å². The molecule has 0 saturated heterocycles. The molecule has 0 aliphatic carbocycles. The van der Waals surface area contributed by atoms with E-state index in [1.807, 2.05) is 13.0 Å². The molecule has 0 unspecified atom stereocenters. The van der Waals surface area contributed by atoms with Crippen LogP contribution in [0.4, 0.5) is 0 Å². The molecule has 2 aromatic carbocycles. The molecule has 0 bridgehead atoms. The van der Waals surface area contributed by atoms with Crippen molar-refractivity contribution in [2.24, 2.45) is 0 Å². The zero-order chi connectivity index (χ0) is 17.0. The predicted molar refractivity (Wildman–Crippen MR) is 87.0 cm³/mol. The average molecular weight is 334 g/mol. The lowest BCUT2D eigenvalue weighted by Crippen LogP contribution is -2.34. The summed E-state index contributed by atoms with van der Waals surface area (Å²) in [7, 11) is 1.43. The van der Waals surface area contributed by atoms with E-state index in [2.05, 4.69) is 5.32 Å². The zero-order valence-electron chi connectivity index (χ0n) is 12.7. The van der Waals surface area contributed by atoms with E-state index in [1.54, 1.807) is 30.3 Å². The number of aryl methyl sites for hydroxylation is 1. The lowest BCUT2D eigenvalue weighted by Gasteiger charge is -2.16. The highest BCUT2D eigenvalue weighted by Crippen LogP contribution is 2.24. The highest BCUT2D eigenvalue weighted by molar-refractivity contribution is 6.31. The molecule has 23 heavy (non-hydrogen) atoms. The van der Waals surface area contributed by atoms with Crippen LogP contribution in [0.3, 0.4) is 0 Å². The van der Waals surface area contributed by atoms with Gasteiger partial charge in [-0.1, -0.05) is 41.4 Å². The lowest BCUT2D eigenvalue weighted by atomic mass is 10.0. The molecule has 0 aromatic heterocycles. The summed E-state index contributed by atoms with van der Waals surface area (Å²) in [6, 6.07) is 10.4. The minimum Gasteiger partial charge on any atom is -0.496 e. The van der Waals surface area contributed by atoms with Gasteiger partial charge in [0.25, 0.3) is 5.91 Å². The molecule has 5 nitrogen and oxygen atoms in total. The number of carbonyl (C=O) groups is 2. The van der Waals surface area contributed by atoms with Crippen molar-refractivity contribution in [1.82, 2.24) is 5.32 Å². The molecular weight excluding hydrogens is 318 g/mol. The van der Waals surface area contributed by atoms with Crippen LogP contribution in [0.25, 0.3) is 0 Å². The molecule has 0 saturated carbocycles. The van der Waals surface area contributed by atoms with Crippen LogP contribution in [0, 0.1) is 6.92 Å². The third-order valence-electron chi connectivity index (χ3n) is 3.30. The Balaban J connectivity index is 2.32. The molecule has 0 fully saturated rings. The molecular formula is C17H16ClNO4. The Morgan fingerprint density at radius 1 is 1.22 bits per heavy atom. The van der Waals surface area contributed by atoms with Crippen LogP contribution in [-0.4, -0.2) is 24.1 Å². The van der Waals surface area contributed by atoms with Crippen LogP contribution in [0.2, 0.25) is 5.02 Å². The third kappa shape index (κ3) is 4.02. The predicted octanol–water partition coefficient (Wildman–Crippen LogP) is 3.21. The van der Waals surface area contributed by atoms with Crippen molar-refractivity contribution in [2.75, 3.05) is 7.11 Å². The van der Waals surface area contributed by atoms with Crippen molar-refractivity contribution in [3.05, 3.63) is 64.2 Å². The molecule has 0 aliphatic heterocycles. The number of carboxylic acids is 1. The van der Waals surface area contributed by atoms with Crippen molar-refractivity contribution in [2.45, 2.75) is 13.0 Å². The monoisotopic (exact) mass is 333 g/mol. The molecule has 2 aromatic rings. The van der Waals surface area contributed by atoms with Gasteiger partial charge in [-0.05, 0) is 30.7 Å². The fourth-order valence-electron chi connectivity index (χ4n) is 2.20. The molecule has 0 spiro atoms. The zero-order valence-corrected chi connectivity index (χ0v) is 13.4. The summed E-state index contributed by atoms with van der Waals surface area (Å²) < 4.78 is 5.12. The van der Waals surface area contributed by atoms with Gasteiger partial charge in [-0.3, -0.25) is 4.79 Å². The van der Waals surface area contributed by atoms with Crippen LogP contribution < -0.4 is 10.1 Å². The number of halogens is 1. The SMILES string of the molecule is COc1ccc(Cl)cc1C(=O)N[C@@H](C(=O)O)c1cccc(C)c1. The average Bonchev–Trinajstić information content (AvgIpc) is 2.52. The Hall–Kier alpha value is -2.53. The number of nitrogens with one attached hydrogen (secondary N) is 1. The maximum absolute atomic E-state index is 12.4. The smallest absolute Gasteiger partial charge is 0.330 e. The third-order valence-corrected chi connectivity index (χ3v) is 3.54. The maximum atomic E-state index is 12.4. The Labute approximate surface area is 138 Å². The first kappa shape index (κ1) is 16.8. The molecule has 0 aliphatic rings. The summed E-state index contributed by atoms with van der Waals surface area (Å²) in [4.78, 5) is 24.0. The van der Waals surface area contributed by atoms with Gasteiger partial charge in [0.1, 0.15) is 5.75 Å². The van der Waals surface area contributed by atoms with E-state index in [0.29, 0.717) is 16.3 Å². The van der Waals surface area contributed by atoms with Gasteiger partial charge in [0.05, 0.1) is 12.7 Å². The highest BCUT2D eigenvalue weighted by atomic mass is 35.5. The van der Waals surface area contributed by atoms with Crippen molar-refractivity contribution in [1.29, 1.82) is 0 Å². The minimum absolute atomic E-state index is 0.180. The standard InChI is InChI=1S/C17H16ClNO4/c1-10-4-3-5-11(8-10)15(17(21)22)19-16(20)13-9-12(18)6-7-14(13)23-2/h3-9,15H,1-2H3,(H,19,20)(H,21,22)/t15-/m1/s1. The Kier molecular flexibility index (Phi) is 5.24. The normalized spacial score (nSPS) is 11.6. The van der Waals surface area contributed by atoms with Crippen molar-refractivity contribution in [3.8, 4) is 5.75 Å². The van der Waals surface area contributed by atoms with Gasteiger partial charge in [0.15, 0.2) is 6.04 Å². The lowest BCUT2D eigenvalue weighted by molar-refractivity contribution is -0.139.